The lowest BCUT2D eigenvalue weighted by Crippen LogP contribution is -2.36. The molecule has 6 heteroatoms. The van der Waals surface area contributed by atoms with Gasteiger partial charge in [-0.2, -0.15) is 0 Å². The van der Waals surface area contributed by atoms with Crippen molar-refractivity contribution in [1.29, 1.82) is 0 Å². The van der Waals surface area contributed by atoms with Crippen LogP contribution in [-0.4, -0.2) is 30.1 Å². The van der Waals surface area contributed by atoms with Crippen LogP contribution in [0.3, 0.4) is 0 Å². The molecule has 0 spiro atoms. The summed E-state index contributed by atoms with van der Waals surface area (Å²) in [5.41, 5.74) is -0.00840. The Balaban J connectivity index is 2.51. The first kappa shape index (κ1) is 21.4. The summed E-state index contributed by atoms with van der Waals surface area (Å²) in [7, 11) is 1.80. The number of carbonyl (C=O) groups excluding carboxylic acids is 2. The number of ether oxygens (including phenoxy) is 2. The van der Waals surface area contributed by atoms with Crippen LogP contribution in [0.5, 0.6) is 11.5 Å². The van der Waals surface area contributed by atoms with Gasteiger partial charge in [0.1, 0.15) is 0 Å². The van der Waals surface area contributed by atoms with Gasteiger partial charge in [0.25, 0.3) is 0 Å². The second-order valence-electron chi connectivity index (χ2n) is 9.12. The highest BCUT2D eigenvalue weighted by molar-refractivity contribution is 5.82. The van der Waals surface area contributed by atoms with Crippen LogP contribution < -0.4 is 14.8 Å². The molecule has 27 heavy (non-hydrogen) atoms. The van der Waals surface area contributed by atoms with E-state index in [0.717, 1.165) is 0 Å². The summed E-state index contributed by atoms with van der Waals surface area (Å²) in [6.45, 7) is 10.6. The summed E-state index contributed by atoms with van der Waals surface area (Å²) in [4.78, 5) is 24.9. The summed E-state index contributed by atoms with van der Waals surface area (Å²) in [5.74, 6) is -0.394. The van der Waals surface area contributed by atoms with Gasteiger partial charge in [-0.05, 0) is 73.1 Å². The third-order valence-electron chi connectivity index (χ3n) is 4.66. The van der Waals surface area contributed by atoms with Crippen LogP contribution in [0.2, 0.25) is 0 Å². The van der Waals surface area contributed by atoms with E-state index in [9.17, 15) is 14.7 Å². The highest BCUT2D eigenvalue weighted by Gasteiger charge is 2.34. The Hall–Kier alpha value is -1.92. The number of esters is 2. The molecule has 0 saturated heterocycles. The van der Waals surface area contributed by atoms with Gasteiger partial charge >= 0.3 is 11.9 Å². The number of likely N-dealkylation sites (N-methyl/N-ethyl adjacent to an activating group) is 1. The molecule has 2 unspecified atom stereocenters. The summed E-state index contributed by atoms with van der Waals surface area (Å²) >= 11 is 0. The molecule has 0 heterocycles. The lowest BCUT2D eigenvalue weighted by Gasteiger charge is -2.32. The SMILES string of the molecule is CNC1CCc2c(ccc(OC(=O)C(C)(C)C)c2OC(=O)C(C)(C)C)C1O. The van der Waals surface area contributed by atoms with E-state index in [2.05, 4.69) is 5.32 Å². The van der Waals surface area contributed by atoms with Crippen LogP contribution >= 0.6 is 0 Å². The van der Waals surface area contributed by atoms with Gasteiger partial charge in [0.15, 0.2) is 11.5 Å². The first-order valence-electron chi connectivity index (χ1n) is 9.32. The zero-order chi connectivity index (χ0) is 20.6. The fourth-order valence-electron chi connectivity index (χ4n) is 2.82. The van der Waals surface area contributed by atoms with Crippen molar-refractivity contribution in [2.75, 3.05) is 7.05 Å². The number of rotatable bonds is 3. The van der Waals surface area contributed by atoms with Gasteiger partial charge in [-0.15, -0.1) is 0 Å². The fourth-order valence-corrected chi connectivity index (χ4v) is 2.82. The van der Waals surface area contributed by atoms with Gasteiger partial charge in [0, 0.05) is 11.6 Å². The predicted octanol–water partition coefficient (Wildman–Crippen LogP) is 3.16. The van der Waals surface area contributed by atoms with Crippen molar-refractivity contribution in [3.63, 3.8) is 0 Å². The topological polar surface area (TPSA) is 84.9 Å². The molecule has 1 aromatic carbocycles. The van der Waals surface area contributed by atoms with Crippen molar-refractivity contribution in [2.24, 2.45) is 10.8 Å². The minimum atomic E-state index is -0.724. The molecule has 0 fully saturated rings. The summed E-state index contributed by atoms with van der Waals surface area (Å²) < 4.78 is 11.3. The third kappa shape index (κ3) is 4.68. The highest BCUT2D eigenvalue weighted by atomic mass is 16.6. The van der Waals surface area contributed by atoms with Crippen LogP contribution in [0.25, 0.3) is 0 Å². The fraction of sp³-hybridized carbons (Fsp3) is 0.619. The first-order chi connectivity index (χ1) is 12.4. The van der Waals surface area contributed by atoms with Crippen LogP contribution in [0.4, 0.5) is 0 Å². The molecule has 2 rings (SSSR count). The molecular formula is C21H31NO5. The van der Waals surface area contributed by atoms with Crippen molar-refractivity contribution < 1.29 is 24.2 Å². The average molecular weight is 377 g/mol. The average Bonchev–Trinajstić information content (AvgIpc) is 2.55. The maximum absolute atomic E-state index is 12.5. The Labute approximate surface area is 161 Å². The predicted molar refractivity (Wildman–Crippen MR) is 103 cm³/mol. The van der Waals surface area contributed by atoms with E-state index < -0.39 is 28.9 Å². The maximum Gasteiger partial charge on any atom is 0.316 e. The Morgan fingerprint density at radius 3 is 2.11 bits per heavy atom. The summed E-state index contributed by atoms with van der Waals surface area (Å²) in [5, 5.41) is 13.7. The van der Waals surface area contributed by atoms with E-state index >= 15 is 0 Å². The smallest absolute Gasteiger partial charge is 0.316 e. The van der Waals surface area contributed by atoms with E-state index in [4.69, 9.17) is 9.47 Å². The van der Waals surface area contributed by atoms with Gasteiger partial charge in [0.05, 0.1) is 16.9 Å². The number of aliphatic hydroxyl groups is 1. The number of aliphatic hydroxyl groups excluding tert-OH is 1. The van der Waals surface area contributed by atoms with E-state index in [1.54, 1.807) is 60.7 Å². The van der Waals surface area contributed by atoms with Crippen LogP contribution in [0.15, 0.2) is 12.1 Å². The molecule has 0 saturated carbocycles. The zero-order valence-corrected chi connectivity index (χ0v) is 17.3. The molecule has 0 aromatic heterocycles. The molecule has 0 radical (unpaired) electrons. The lowest BCUT2D eigenvalue weighted by molar-refractivity contribution is -0.145. The van der Waals surface area contributed by atoms with E-state index in [0.29, 0.717) is 24.0 Å². The van der Waals surface area contributed by atoms with Crippen molar-refractivity contribution in [2.45, 2.75) is 66.5 Å². The Bertz CT molecular complexity index is 727. The van der Waals surface area contributed by atoms with E-state index in [1.165, 1.54) is 0 Å². The van der Waals surface area contributed by atoms with Gasteiger partial charge in [0.2, 0.25) is 0 Å². The lowest BCUT2D eigenvalue weighted by atomic mass is 9.85. The largest absolute Gasteiger partial charge is 0.422 e. The highest BCUT2D eigenvalue weighted by Crippen LogP contribution is 2.42. The Kier molecular flexibility index (Phi) is 6.02. The molecule has 1 aliphatic rings. The standard InChI is InChI=1S/C21H31NO5/c1-20(2,3)18(24)26-15-11-9-12-13(8-10-14(22-7)16(12)23)17(15)27-19(25)21(4,5)6/h9,11,14,16,22-23H,8,10H2,1-7H3. The number of hydrogen-bond donors (Lipinski definition) is 2. The van der Waals surface area contributed by atoms with Crippen molar-refractivity contribution >= 4 is 11.9 Å². The third-order valence-corrected chi connectivity index (χ3v) is 4.66. The van der Waals surface area contributed by atoms with Gasteiger partial charge < -0.3 is 19.9 Å². The first-order valence-corrected chi connectivity index (χ1v) is 9.32. The van der Waals surface area contributed by atoms with E-state index in [1.807, 2.05) is 0 Å². The minimum Gasteiger partial charge on any atom is -0.422 e. The van der Waals surface area contributed by atoms with Crippen LogP contribution in [0.1, 0.15) is 65.2 Å². The van der Waals surface area contributed by atoms with Gasteiger partial charge in [-0.1, -0.05) is 6.07 Å². The molecule has 2 atom stereocenters. The summed E-state index contributed by atoms with van der Waals surface area (Å²) in [6.07, 6.45) is 0.561. The van der Waals surface area contributed by atoms with Crippen molar-refractivity contribution in [3.8, 4) is 11.5 Å². The number of hydrogen-bond acceptors (Lipinski definition) is 6. The molecule has 6 nitrogen and oxygen atoms in total. The zero-order valence-electron chi connectivity index (χ0n) is 17.3. The molecular weight excluding hydrogens is 346 g/mol. The normalized spacial score (nSPS) is 20.0. The second kappa shape index (κ2) is 7.60. The molecule has 0 aliphatic heterocycles. The molecule has 150 valence electrons. The van der Waals surface area contributed by atoms with Gasteiger partial charge in [-0.25, -0.2) is 0 Å². The number of fused-ring (bicyclic) bond motifs is 1. The number of carbonyl (C=O) groups is 2. The maximum atomic E-state index is 12.5. The number of benzene rings is 1. The van der Waals surface area contributed by atoms with Crippen LogP contribution in [-0.2, 0) is 16.0 Å². The second-order valence-corrected chi connectivity index (χ2v) is 9.12. The molecule has 1 aromatic rings. The van der Waals surface area contributed by atoms with Gasteiger partial charge in [-0.3, -0.25) is 9.59 Å². The van der Waals surface area contributed by atoms with E-state index in [-0.39, 0.29) is 17.5 Å². The number of nitrogens with one attached hydrogen (secondary N) is 1. The van der Waals surface area contributed by atoms with Crippen molar-refractivity contribution in [1.82, 2.24) is 5.32 Å². The monoisotopic (exact) mass is 377 g/mol. The minimum absolute atomic E-state index is 0.0772. The quantitative estimate of drug-likeness (QED) is 0.622. The van der Waals surface area contributed by atoms with Crippen molar-refractivity contribution in [3.05, 3.63) is 23.3 Å². The molecule has 2 N–H and O–H groups in total. The molecule has 0 bridgehead atoms. The Morgan fingerprint density at radius 1 is 1.04 bits per heavy atom. The Morgan fingerprint density at radius 2 is 1.59 bits per heavy atom. The molecule has 0 amide bonds. The van der Waals surface area contributed by atoms with Crippen LogP contribution in [0, 0.1) is 10.8 Å². The summed E-state index contributed by atoms with van der Waals surface area (Å²) in [6, 6.07) is 3.25. The molecule has 1 aliphatic carbocycles.